The van der Waals surface area contributed by atoms with Crippen LogP contribution >= 0.6 is 21.6 Å². The van der Waals surface area contributed by atoms with Crippen LogP contribution in [0.4, 0.5) is 17.6 Å². The summed E-state index contributed by atoms with van der Waals surface area (Å²) in [6.07, 6.45) is 4.57. The predicted molar refractivity (Wildman–Crippen MR) is 204 cm³/mol. The average Bonchev–Trinajstić information content (AvgIpc) is 3.21. The second-order valence-corrected chi connectivity index (χ2v) is 14.2. The van der Waals surface area contributed by atoms with Crippen molar-refractivity contribution in [2.24, 2.45) is 0 Å². The van der Waals surface area contributed by atoms with Gasteiger partial charge in [0, 0.05) is 9.79 Å². The van der Waals surface area contributed by atoms with Gasteiger partial charge in [-0.3, -0.25) is 19.9 Å². The van der Waals surface area contributed by atoms with Gasteiger partial charge in [-0.05, 0) is 119 Å². The van der Waals surface area contributed by atoms with Crippen molar-refractivity contribution in [2.75, 3.05) is 0 Å². The van der Waals surface area contributed by atoms with E-state index in [0.717, 1.165) is 56.8 Å². The van der Waals surface area contributed by atoms with Gasteiger partial charge in [-0.15, -0.1) is 0 Å². The van der Waals surface area contributed by atoms with E-state index < -0.39 is 23.3 Å². The molecule has 0 radical (unpaired) electrons. The van der Waals surface area contributed by atoms with Crippen molar-refractivity contribution >= 4 is 21.6 Å². The minimum Gasteiger partial charge on any atom is -0.252 e. The lowest BCUT2D eigenvalue weighted by atomic mass is 10.0. The van der Waals surface area contributed by atoms with Crippen LogP contribution in [0.15, 0.2) is 156 Å². The molecule has 6 heterocycles. The molecule has 0 aliphatic carbocycles. The number of hydrogen-bond donors (Lipinski definition) is 0. The first-order valence-corrected chi connectivity index (χ1v) is 18.6. The molecule has 0 spiro atoms. The van der Waals surface area contributed by atoms with Crippen LogP contribution in [0.1, 0.15) is 0 Å². The zero-order valence-corrected chi connectivity index (χ0v) is 29.5. The number of nitrogens with zero attached hydrogens (tertiary/aromatic N) is 6. The molecule has 0 aliphatic rings. The predicted octanol–water partition coefficient (Wildman–Crippen LogP) is 11.4. The molecule has 8 aromatic rings. The monoisotopic (exact) mass is 752 g/mol. The zero-order chi connectivity index (χ0) is 37.0. The van der Waals surface area contributed by atoms with Crippen molar-refractivity contribution in [1.29, 1.82) is 0 Å². The Morgan fingerprint density at radius 1 is 0.296 bits per heavy atom. The van der Waals surface area contributed by atoms with E-state index in [1.165, 1.54) is 24.3 Å². The molecule has 6 aromatic heterocycles. The summed E-state index contributed by atoms with van der Waals surface area (Å²) in [6.45, 7) is 0. The number of rotatable bonds is 9. The maximum atomic E-state index is 13.6. The van der Waals surface area contributed by atoms with Gasteiger partial charge in [0.05, 0.1) is 70.3 Å². The van der Waals surface area contributed by atoms with E-state index in [1.54, 1.807) is 45.9 Å². The van der Waals surface area contributed by atoms with Crippen molar-refractivity contribution in [1.82, 2.24) is 29.9 Å². The molecule has 54 heavy (non-hydrogen) atoms. The Kier molecular flexibility index (Phi) is 9.93. The Morgan fingerprint density at radius 3 is 0.815 bits per heavy atom. The lowest BCUT2D eigenvalue weighted by Gasteiger charge is -2.11. The number of benzene rings is 2. The van der Waals surface area contributed by atoms with E-state index in [0.29, 0.717) is 45.6 Å². The summed E-state index contributed by atoms with van der Waals surface area (Å²) >= 11 is 0. The number of pyridine rings is 6. The molecule has 0 atom stereocenters. The van der Waals surface area contributed by atoms with Gasteiger partial charge >= 0.3 is 0 Å². The first kappa shape index (κ1) is 34.8. The van der Waals surface area contributed by atoms with E-state index in [4.69, 9.17) is 9.97 Å². The molecule has 0 saturated heterocycles. The second kappa shape index (κ2) is 15.4. The van der Waals surface area contributed by atoms with Gasteiger partial charge in [-0.2, -0.15) is 0 Å². The van der Waals surface area contributed by atoms with E-state index >= 15 is 0 Å². The molecule has 0 saturated carbocycles. The highest BCUT2D eigenvalue weighted by Crippen LogP contribution is 2.39. The van der Waals surface area contributed by atoms with Gasteiger partial charge in [-0.25, -0.2) is 27.5 Å². The minimum absolute atomic E-state index is 0.448. The Bertz CT molecular complexity index is 2250. The van der Waals surface area contributed by atoms with Crippen LogP contribution in [0.3, 0.4) is 0 Å². The summed E-state index contributed by atoms with van der Waals surface area (Å²) in [5, 5.41) is 0. The summed E-state index contributed by atoms with van der Waals surface area (Å²) in [5.41, 5.74) is 7.65. The molecule has 0 unspecified atom stereocenters. The van der Waals surface area contributed by atoms with Crippen molar-refractivity contribution in [3.8, 4) is 67.8 Å². The normalized spacial score (nSPS) is 11.1. The number of aromatic nitrogens is 6. The van der Waals surface area contributed by atoms with E-state index in [1.807, 2.05) is 72.8 Å². The SMILES string of the molecule is Fc1ccc(-c2cc(-c3ccc(SSc4ccc(-c5cc(-c6ccc(F)cn6)nc(-c6ccc(F)cn6)c5)cc4)cc3)cc(-c3ccc(F)cn3)n2)nc1. The Hall–Kier alpha value is -6.24. The lowest BCUT2D eigenvalue weighted by molar-refractivity contribution is 0.621. The van der Waals surface area contributed by atoms with Crippen molar-refractivity contribution < 1.29 is 17.6 Å². The van der Waals surface area contributed by atoms with Crippen LogP contribution in [-0.4, -0.2) is 29.9 Å². The average molecular weight is 753 g/mol. The molecule has 0 bridgehead atoms. The molecule has 8 rings (SSSR count). The van der Waals surface area contributed by atoms with Crippen LogP contribution in [-0.2, 0) is 0 Å². The molecule has 0 N–H and O–H groups in total. The van der Waals surface area contributed by atoms with Crippen molar-refractivity contribution in [3.05, 3.63) is 169 Å². The van der Waals surface area contributed by atoms with Gasteiger partial charge < -0.3 is 0 Å². The third-order valence-electron chi connectivity index (χ3n) is 8.22. The summed E-state index contributed by atoms with van der Waals surface area (Å²) in [5.74, 6) is -1.79. The van der Waals surface area contributed by atoms with Crippen LogP contribution in [0, 0.1) is 23.3 Å². The third-order valence-corrected chi connectivity index (χ3v) is 10.6. The van der Waals surface area contributed by atoms with Gasteiger partial charge in [0.15, 0.2) is 0 Å². The van der Waals surface area contributed by atoms with E-state index in [-0.39, 0.29) is 0 Å². The Morgan fingerprint density at radius 2 is 0.574 bits per heavy atom. The van der Waals surface area contributed by atoms with Gasteiger partial charge in [0.25, 0.3) is 0 Å². The summed E-state index contributed by atoms with van der Waals surface area (Å²) in [4.78, 5) is 28.3. The summed E-state index contributed by atoms with van der Waals surface area (Å²) in [7, 11) is 3.22. The maximum absolute atomic E-state index is 13.6. The number of halogens is 4. The fraction of sp³-hybridized carbons (Fsp3) is 0. The quantitative estimate of drug-likeness (QED) is 0.107. The molecule has 12 heteroatoms. The molecule has 262 valence electrons. The van der Waals surface area contributed by atoms with Crippen LogP contribution < -0.4 is 0 Å². The highest BCUT2D eigenvalue weighted by atomic mass is 33.1. The van der Waals surface area contributed by atoms with Crippen LogP contribution in [0.2, 0.25) is 0 Å². The van der Waals surface area contributed by atoms with E-state index in [2.05, 4.69) is 19.9 Å². The lowest BCUT2D eigenvalue weighted by Crippen LogP contribution is -1.95. The van der Waals surface area contributed by atoms with Gasteiger partial charge in [0.1, 0.15) is 23.3 Å². The van der Waals surface area contributed by atoms with Crippen molar-refractivity contribution in [2.45, 2.75) is 9.79 Å². The molecule has 0 fully saturated rings. The smallest absolute Gasteiger partial charge is 0.141 e. The maximum Gasteiger partial charge on any atom is 0.141 e. The molecular formula is C42H24F4N6S2. The third kappa shape index (κ3) is 8.04. The Labute approximate surface area is 314 Å². The fourth-order valence-electron chi connectivity index (χ4n) is 5.53. The highest BCUT2D eigenvalue weighted by molar-refractivity contribution is 8.76. The summed E-state index contributed by atoms with van der Waals surface area (Å²) < 4.78 is 54.5. The second-order valence-electron chi connectivity index (χ2n) is 11.9. The summed E-state index contributed by atoms with van der Waals surface area (Å²) in [6, 6.07) is 35.3. The Balaban J connectivity index is 1.01. The zero-order valence-electron chi connectivity index (χ0n) is 27.9. The standard InChI is InChI=1S/C42H24F4N6S2/c43-29-5-13-35(47-21-29)39-17-27(18-40(51-39)36-14-6-30(44)22-48-36)25-1-9-33(10-2-25)53-54-34-11-3-26(4-12-34)28-19-41(37-15-7-31(45)23-49-37)52-42(20-28)38-16-8-32(46)24-50-38/h1-24H. The number of hydrogen-bond acceptors (Lipinski definition) is 8. The molecule has 6 nitrogen and oxygen atoms in total. The molecule has 2 aromatic carbocycles. The minimum atomic E-state index is -0.448. The van der Waals surface area contributed by atoms with Crippen LogP contribution in [0.25, 0.3) is 67.8 Å². The molecule has 0 aliphatic heterocycles. The van der Waals surface area contributed by atoms with Gasteiger partial charge in [-0.1, -0.05) is 45.9 Å². The van der Waals surface area contributed by atoms with Gasteiger partial charge in [0.2, 0.25) is 0 Å². The molecule has 0 amide bonds. The highest BCUT2D eigenvalue weighted by Gasteiger charge is 2.14. The van der Waals surface area contributed by atoms with E-state index in [9.17, 15) is 17.6 Å². The first-order valence-electron chi connectivity index (χ1n) is 16.4. The van der Waals surface area contributed by atoms with Crippen molar-refractivity contribution in [3.63, 3.8) is 0 Å². The largest absolute Gasteiger partial charge is 0.252 e. The molecular weight excluding hydrogens is 729 g/mol. The first-order chi connectivity index (χ1) is 26.3. The topological polar surface area (TPSA) is 77.3 Å². The van der Waals surface area contributed by atoms with Crippen LogP contribution in [0.5, 0.6) is 0 Å². The fourth-order valence-corrected chi connectivity index (χ4v) is 7.46.